The number of hydrogen-bond donors (Lipinski definition) is 3. The van der Waals surface area contributed by atoms with Crippen molar-refractivity contribution in [1.82, 2.24) is 20.4 Å². The van der Waals surface area contributed by atoms with Crippen LogP contribution in [0.15, 0.2) is 0 Å². The van der Waals surface area contributed by atoms with E-state index in [9.17, 15) is 19.2 Å². The quantitative estimate of drug-likeness (QED) is 0.240. The highest BCUT2D eigenvalue weighted by Gasteiger charge is 2.58. The summed E-state index contributed by atoms with van der Waals surface area (Å²) in [4.78, 5) is 57.3. The summed E-state index contributed by atoms with van der Waals surface area (Å²) in [5.74, 6) is -0.548. The van der Waals surface area contributed by atoms with Gasteiger partial charge in [-0.05, 0) is 63.7 Å². The molecule has 4 aliphatic rings. The van der Waals surface area contributed by atoms with Crippen LogP contribution in [0.2, 0.25) is 0 Å². The molecular weight excluding hydrogens is 562 g/mol. The molecule has 1 saturated heterocycles. The molecule has 11 nitrogen and oxygen atoms in total. The van der Waals surface area contributed by atoms with Gasteiger partial charge in [0.1, 0.15) is 6.04 Å². The molecule has 1 aliphatic heterocycles. The van der Waals surface area contributed by atoms with Crippen LogP contribution in [0.1, 0.15) is 93.4 Å². The summed E-state index contributed by atoms with van der Waals surface area (Å²) in [6.07, 6.45) is 4.63. The number of carbonyl (C=O) groups excluding carboxylic acids is 4. The third-order valence-electron chi connectivity index (χ3n) is 10.5. The van der Waals surface area contributed by atoms with E-state index < -0.39 is 41.7 Å². The van der Waals surface area contributed by atoms with E-state index in [2.05, 4.69) is 10.6 Å². The highest BCUT2D eigenvalue weighted by atomic mass is 16.5. The molecule has 1 heterocycles. The van der Waals surface area contributed by atoms with Gasteiger partial charge in [-0.3, -0.25) is 19.2 Å². The van der Waals surface area contributed by atoms with Gasteiger partial charge in [0.15, 0.2) is 0 Å². The molecule has 3 saturated carbocycles. The molecule has 44 heavy (non-hydrogen) atoms. The van der Waals surface area contributed by atoms with Gasteiger partial charge in [0, 0.05) is 33.4 Å². The molecule has 4 fully saturated rings. The molecule has 4 rings (SSSR count). The van der Waals surface area contributed by atoms with E-state index in [1.165, 1.54) is 0 Å². The van der Waals surface area contributed by atoms with Crippen LogP contribution in [0, 0.1) is 23.7 Å². The molecule has 252 valence electrons. The van der Waals surface area contributed by atoms with Crippen LogP contribution in [0.3, 0.4) is 0 Å². The number of nitrogens with two attached hydrogens (primary N) is 1. The first kappa shape index (κ1) is 36.2. The Bertz CT molecular complexity index is 1030. The standard InChI is InChI=1S/C33H59N5O6/c1-11-20(4)27(37(8)30(41)26(19(2)3)35-31(42)32(6,7)34)24(43-9)15-25(39)38-14-12-13-23(38)28(44-10)21(5)29(40)36-33-16-22(17-33)18-33/h19-24,26-28H,11-18,34H2,1-10H3,(H,35,42)(H,36,40). The Hall–Kier alpha value is -2.24. The Morgan fingerprint density at radius 1 is 1.07 bits per heavy atom. The molecule has 0 aromatic carbocycles. The monoisotopic (exact) mass is 621 g/mol. The van der Waals surface area contributed by atoms with Gasteiger partial charge in [0.05, 0.1) is 42.2 Å². The van der Waals surface area contributed by atoms with Crippen molar-refractivity contribution in [3.8, 4) is 0 Å². The summed E-state index contributed by atoms with van der Waals surface area (Å²) in [7, 11) is 4.90. The van der Waals surface area contributed by atoms with Gasteiger partial charge in [0.25, 0.3) is 0 Å². The van der Waals surface area contributed by atoms with Crippen LogP contribution in [0.5, 0.6) is 0 Å². The molecule has 7 atom stereocenters. The topological polar surface area (TPSA) is 143 Å². The van der Waals surface area contributed by atoms with E-state index in [1.807, 2.05) is 39.5 Å². The summed E-state index contributed by atoms with van der Waals surface area (Å²) >= 11 is 0. The number of methoxy groups -OCH3 is 2. The summed E-state index contributed by atoms with van der Waals surface area (Å²) in [5.41, 5.74) is 4.85. The summed E-state index contributed by atoms with van der Waals surface area (Å²) in [6, 6.07) is -1.42. The minimum atomic E-state index is -1.13. The molecule has 0 aromatic rings. The molecule has 4 amide bonds. The Labute approximate surface area is 264 Å². The number of likely N-dealkylation sites (N-methyl/N-ethyl adjacent to an activating group) is 1. The maximum atomic E-state index is 13.9. The average molecular weight is 622 g/mol. The van der Waals surface area contributed by atoms with Crippen molar-refractivity contribution in [3.05, 3.63) is 0 Å². The Balaban J connectivity index is 1.75. The van der Waals surface area contributed by atoms with Gasteiger partial charge in [-0.2, -0.15) is 0 Å². The van der Waals surface area contributed by atoms with Gasteiger partial charge >= 0.3 is 0 Å². The zero-order valence-electron chi connectivity index (χ0n) is 28.8. The lowest BCUT2D eigenvalue weighted by atomic mass is 9.50. The zero-order valence-corrected chi connectivity index (χ0v) is 28.8. The van der Waals surface area contributed by atoms with Crippen LogP contribution >= 0.6 is 0 Å². The first-order valence-corrected chi connectivity index (χ1v) is 16.5. The van der Waals surface area contributed by atoms with Gasteiger partial charge in [-0.15, -0.1) is 0 Å². The zero-order chi connectivity index (χ0) is 33.1. The third kappa shape index (κ3) is 7.76. The van der Waals surface area contributed by atoms with Crippen LogP contribution in [-0.4, -0.2) is 103 Å². The van der Waals surface area contributed by atoms with Crippen molar-refractivity contribution in [2.75, 3.05) is 27.8 Å². The lowest BCUT2D eigenvalue weighted by Crippen LogP contribution is -2.69. The number of hydrogen-bond acceptors (Lipinski definition) is 7. The summed E-state index contributed by atoms with van der Waals surface area (Å²) < 4.78 is 11.9. The fraction of sp³-hybridized carbons (Fsp3) is 0.879. The number of nitrogens with one attached hydrogen (secondary N) is 2. The van der Waals surface area contributed by atoms with Crippen molar-refractivity contribution in [2.24, 2.45) is 29.4 Å². The van der Waals surface area contributed by atoms with Crippen molar-refractivity contribution in [1.29, 1.82) is 0 Å². The molecule has 11 heteroatoms. The van der Waals surface area contributed by atoms with E-state index >= 15 is 0 Å². The number of ether oxygens (including phenoxy) is 2. The lowest BCUT2D eigenvalue weighted by molar-refractivity contribution is -0.149. The Morgan fingerprint density at radius 3 is 2.14 bits per heavy atom. The Morgan fingerprint density at radius 2 is 1.68 bits per heavy atom. The maximum absolute atomic E-state index is 13.9. The number of carbonyl (C=O) groups is 4. The predicted octanol–water partition coefficient (Wildman–Crippen LogP) is 2.45. The van der Waals surface area contributed by atoms with Crippen LogP contribution < -0.4 is 16.4 Å². The SMILES string of the molecule is CCC(C)C(C(CC(=O)N1CCCC1C(OC)C(C)C(=O)NC12CC(C1)C2)OC)N(C)C(=O)C(NC(=O)C(C)(C)N)C(C)C. The molecular formula is C33H59N5O6. The smallest absolute Gasteiger partial charge is 0.245 e. The molecule has 0 aromatic heterocycles. The molecule has 0 radical (unpaired) electrons. The van der Waals surface area contributed by atoms with E-state index in [-0.39, 0.29) is 47.6 Å². The largest absolute Gasteiger partial charge is 0.379 e. The highest BCUT2D eigenvalue weighted by molar-refractivity contribution is 5.91. The Kier molecular flexibility index (Phi) is 11.9. The highest BCUT2D eigenvalue weighted by Crippen LogP contribution is 2.57. The van der Waals surface area contributed by atoms with Crippen molar-refractivity contribution in [3.63, 3.8) is 0 Å². The minimum absolute atomic E-state index is 0.00846. The molecule has 0 spiro atoms. The first-order valence-electron chi connectivity index (χ1n) is 16.5. The van der Waals surface area contributed by atoms with E-state index in [1.54, 1.807) is 40.0 Å². The molecule has 2 bridgehead atoms. The number of rotatable bonds is 16. The summed E-state index contributed by atoms with van der Waals surface area (Å²) in [6.45, 7) is 13.5. The fourth-order valence-electron chi connectivity index (χ4n) is 7.37. The van der Waals surface area contributed by atoms with Crippen molar-refractivity contribution >= 4 is 23.6 Å². The van der Waals surface area contributed by atoms with Crippen molar-refractivity contribution < 1.29 is 28.7 Å². The number of likely N-dealkylation sites (tertiary alicyclic amines) is 1. The molecule has 4 N–H and O–H groups in total. The van der Waals surface area contributed by atoms with Crippen LogP contribution in [0.4, 0.5) is 0 Å². The fourth-order valence-corrected chi connectivity index (χ4v) is 7.37. The first-order chi connectivity index (χ1) is 20.5. The average Bonchev–Trinajstić information content (AvgIpc) is 3.40. The lowest BCUT2D eigenvalue weighted by Gasteiger charge is -2.62. The summed E-state index contributed by atoms with van der Waals surface area (Å²) in [5, 5.41) is 6.10. The normalized spacial score (nSPS) is 26.9. The molecule has 7 unspecified atom stereocenters. The van der Waals surface area contributed by atoms with Crippen LogP contribution in [-0.2, 0) is 28.7 Å². The maximum Gasteiger partial charge on any atom is 0.245 e. The number of nitrogens with zero attached hydrogens (tertiary/aromatic N) is 2. The van der Waals surface area contributed by atoms with Gasteiger partial charge in [-0.25, -0.2) is 0 Å². The van der Waals surface area contributed by atoms with Gasteiger partial charge in [-0.1, -0.05) is 41.0 Å². The van der Waals surface area contributed by atoms with Crippen LogP contribution in [0.25, 0.3) is 0 Å². The third-order valence-corrected chi connectivity index (χ3v) is 10.5. The predicted molar refractivity (Wildman–Crippen MR) is 169 cm³/mol. The van der Waals surface area contributed by atoms with E-state index in [4.69, 9.17) is 15.2 Å². The number of amides is 4. The molecule has 3 aliphatic carbocycles. The van der Waals surface area contributed by atoms with Gasteiger partial charge < -0.3 is 35.6 Å². The second-order valence-corrected chi connectivity index (χ2v) is 14.8. The van der Waals surface area contributed by atoms with E-state index in [0.717, 1.165) is 44.4 Å². The second-order valence-electron chi connectivity index (χ2n) is 14.8. The second kappa shape index (κ2) is 14.5. The van der Waals surface area contributed by atoms with Crippen molar-refractivity contribution in [2.45, 2.75) is 135 Å². The van der Waals surface area contributed by atoms with Gasteiger partial charge in [0.2, 0.25) is 23.6 Å². The van der Waals surface area contributed by atoms with E-state index in [0.29, 0.717) is 6.54 Å². The minimum Gasteiger partial charge on any atom is -0.379 e.